The number of carbonyl (C=O) groups is 1. The molecular weight excluding hydrogens is 372 g/mol. The smallest absolute Gasteiger partial charge is 0.261 e. The van der Waals surface area contributed by atoms with Crippen molar-refractivity contribution in [2.45, 2.75) is 33.6 Å². The summed E-state index contributed by atoms with van der Waals surface area (Å²) in [5.41, 5.74) is 5.21. The van der Waals surface area contributed by atoms with Gasteiger partial charge in [0.05, 0.1) is 0 Å². The lowest BCUT2D eigenvalue weighted by molar-refractivity contribution is -0.117. The Kier molecular flexibility index (Phi) is 6.82. The number of rotatable bonds is 7. The Morgan fingerprint density at radius 2 is 1.93 bits per heavy atom. The van der Waals surface area contributed by atoms with Crippen molar-refractivity contribution in [1.82, 2.24) is 14.9 Å². The van der Waals surface area contributed by atoms with Gasteiger partial charge >= 0.3 is 0 Å². The Labute approximate surface area is 177 Å². The van der Waals surface area contributed by atoms with Crippen LogP contribution < -0.4 is 5.32 Å². The monoisotopic (exact) mass is 398 g/mol. The zero-order valence-corrected chi connectivity index (χ0v) is 17.6. The lowest BCUT2D eigenvalue weighted by Gasteiger charge is -2.09. The van der Waals surface area contributed by atoms with E-state index in [2.05, 4.69) is 22.4 Å². The number of nitrogens with one attached hydrogen (secondary N) is 1. The van der Waals surface area contributed by atoms with Crippen LogP contribution in [0.4, 0.5) is 0 Å². The van der Waals surface area contributed by atoms with Gasteiger partial charge in [0.15, 0.2) is 0 Å². The third kappa shape index (κ3) is 5.03. The van der Waals surface area contributed by atoms with Crippen LogP contribution in [-0.2, 0) is 11.2 Å². The fraction of sp³-hybridized carbons (Fsp3) is 0.240. The second-order valence-corrected chi connectivity index (χ2v) is 7.37. The first-order chi connectivity index (χ1) is 14.5. The molecule has 3 aromatic rings. The molecule has 0 unspecified atom stereocenters. The summed E-state index contributed by atoms with van der Waals surface area (Å²) in [5.74, 6) is 0.475. The van der Waals surface area contributed by atoms with Crippen LogP contribution in [0.15, 0.2) is 60.3 Å². The Hall–Kier alpha value is -3.65. The molecule has 0 atom stereocenters. The number of carbonyl (C=O) groups excluding carboxylic acids is 1. The largest absolute Gasteiger partial charge is 0.351 e. The van der Waals surface area contributed by atoms with Gasteiger partial charge in [0.25, 0.3) is 5.91 Å². The predicted octanol–water partition coefficient (Wildman–Crippen LogP) is 4.45. The summed E-state index contributed by atoms with van der Waals surface area (Å²) in [6.45, 7) is 6.48. The number of benzene rings is 1. The van der Waals surface area contributed by atoms with Crippen molar-refractivity contribution in [2.75, 3.05) is 6.54 Å². The first kappa shape index (κ1) is 21.1. The van der Waals surface area contributed by atoms with Crippen LogP contribution in [-0.4, -0.2) is 22.0 Å². The molecule has 0 spiro atoms. The molecular formula is C25H26N4O. The predicted molar refractivity (Wildman–Crippen MR) is 119 cm³/mol. The van der Waals surface area contributed by atoms with E-state index in [1.807, 2.05) is 74.0 Å². The topological polar surface area (TPSA) is 70.7 Å². The highest BCUT2D eigenvalue weighted by atomic mass is 16.1. The maximum Gasteiger partial charge on any atom is 0.261 e. The van der Waals surface area contributed by atoms with Gasteiger partial charge < -0.3 is 9.88 Å². The molecule has 0 saturated carbocycles. The Balaban J connectivity index is 1.69. The first-order valence-electron chi connectivity index (χ1n) is 10.1. The fourth-order valence-electron chi connectivity index (χ4n) is 3.42. The van der Waals surface area contributed by atoms with Gasteiger partial charge in [0, 0.05) is 24.1 Å². The van der Waals surface area contributed by atoms with Crippen molar-refractivity contribution >= 4 is 12.0 Å². The van der Waals surface area contributed by atoms with Crippen molar-refractivity contribution in [1.29, 1.82) is 5.26 Å². The molecule has 0 fully saturated rings. The van der Waals surface area contributed by atoms with Gasteiger partial charge in [0.1, 0.15) is 17.5 Å². The summed E-state index contributed by atoms with van der Waals surface area (Å²) in [6.07, 6.45) is 5.19. The molecule has 0 bridgehead atoms. The van der Waals surface area contributed by atoms with E-state index in [-0.39, 0.29) is 11.5 Å². The molecule has 2 aromatic heterocycles. The number of pyridine rings is 1. The third-order valence-electron chi connectivity index (χ3n) is 5.03. The summed E-state index contributed by atoms with van der Waals surface area (Å²) in [6, 6.07) is 18.1. The summed E-state index contributed by atoms with van der Waals surface area (Å²) >= 11 is 0. The van der Waals surface area contributed by atoms with E-state index < -0.39 is 0 Å². The van der Waals surface area contributed by atoms with Gasteiger partial charge in [-0.05, 0) is 68.5 Å². The molecule has 0 aliphatic heterocycles. The van der Waals surface area contributed by atoms with E-state index in [1.165, 1.54) is 5.56 Å². The number of hydrogen-bond acceptors (Lipinski definition) is 3. The van der Waals surface area contributed by atoms with Crippen LogP contribution in [0.25, 0.3) is 11.9 Å². The van der Waals surface area contributed by atoms with Crippen molar-refractivity contribution in [3.8, 4) is 11.9 Å². The van der Waals surface area contributed by atoms with E-state index in [1.54, 1.807) is 6.08 Å². The molecule has 5 heteroatoms. The molecule has 0 radical (unpaired) electrons. The van der Waals surface area contributed by atoms with E-state index >= 15 is 0 Å². The molecule has 152 valence electrons. The summed E-state index contributed by atoms with van der Waals surface area (Å²) < 4.78 is 2.03. The molecule has 3 rings (SSSR count). The Bertz CT molecular complexity index is 1090. The lowest BCUT2D eigenvalue weighted by Crippen LogP contribution is -2.25. The number of amides is 1. The van der Waals surface area contributed by atoms with Gasteiger partial charge in [-0.15, -0.1) is 0 Å². The summed E-state index contributed by atoms with van der Waals surface area (Å²) in [4.78, 5) is 17.0. The van der Waals surface area contributed by atoms with Gasteiger partial charge in [-0.2, -0.15) is 5.26 Å². The summed E-state index contributed by atoms with van der Waals surface area (Å²) in [5, 5.41) is 12.4. The van der Waals surface area contributed by atoms with Crippen LogP contribution >= 0.6 is 0 Å². The van der Waals surface area contributed by atoms with Crippen LogP contribution in [0.1, 0.15) is 34.5 Å². The average molecular weight is 399 g/mol. The van der Waals surface area contributed by atoms with E-state index in [9.17, 15) is 10.1 Å². The zero-order chi connectivity index (χ0) is 21.5. The second-order valence-electron chi connectivity index (χ2n) is 7.37. The number of aromatic nitrogens is 2. The maximum absolute atomic E-state index is 12.5. The normalized spacial score (nSPS) is 11.2. The minimum atomic E-state index is -0.344. The molecule has 30 heavy (non-hydrogen) atoms. The van der Waals surface area contributed by atoms with Crippen LogP contribution in [0.2, 0.25) is 0 Å². The van der Waals surface area contributed by atoms with Crippen LogP contribution in [0.5, 0.6) is 0 Å². The highest BCUT2D eigenvalue weighted by Gasteiger charge is 2.14. The van der Waals surface area contributed by atoms with E-state index in [4.69, 9.17) is 0 Å². The van der Waals surface area contributed by atoms with Crippen molar-refractivity contribution in [2.24, 2.45) is 0 Å². The number of aryl methyl sites for hydroxylation is 3. The third-order valence-corrected chi connectivity index (χ3v) is 5.03. The fourth-order valence-corrected chi connectivity index (χ4v) is 3.42. The van der Waals surface area contributed by atoms with Gasteiger partial charge in [-0.25, -0.2) is 4.98 Å². The summed E-state index contributed by atoms with van der Waals surface area (Å²) in [7, 11) is 0. The maximum atomic E-state index is 12.5. The highest BCUT2D eigenvalue weighted by Crippen LogP contribution is 2.22. The molecule has 1 amide bonds. The Morgan fingerprint density at radius 3 is 2.60 bits per heavy atom. The molecule has 5 nitrogen and oxygen atoms in total. The van der Waals surface area contributed by atoms with Crippen molar-refractivity contribution in [3.05, 3.63) is 88.4 Å². The highest BCUT2D eigenvalue weighted by molar-refractivity contribution is 6.01. The van der Waals surface area contributed by atoms with E-state index in [0.29, 0.717) is 6.54 Å². The Morgan fingerprint density at radius 1 is 1.17 bits per heavy atom. The SMILES string of the molecule is Cc1ccc(-n2c(C)cc(/C=C(/C#N)C(=O)NCCCc3ccccc3)c2C)nc1. The van der Waals surface area contributed by atoms with Gasteiger partial charge in [0.2, 0.25) is 0 Å². The van der Waals surface area contributed by atoms with E-state index in [0.717, 1.165) is 41.2 Å². The molecule has 1 aromatic carbocycles. The second kappa shape index (κ2) is 9.71. The molecule has 2 heterocycles. The van der Waals surface area contributed by atoms with Crippen molar-refractivity contribution < 1.29 is 4.79 Å². The molecule has 0 aliphatic carbocycles. The minimum absolute atomic E-state index is 0.104. The lowest BCUT2D eigenvalue weighted by atomic mass is 10.1. The molecule has 0 aliphatic rings. The standard InChI is InChI=1S/C25H26N4O/c1-18-11-12-24(28-17-18)29-19(2)14-22(20(29)3)15-23(16-26)25(30)27-13-7-10-21-8-5-4-6-9-21/h4-6,8-9,11-12,14-15,17H,7,10,13H2,1-3H3,(H,27,30)/b23-15-. The quantitative estimate of drug-likeness (QED) is 0.363. The van der Waals surface area contributed by atoms with Crippen LogP contribution in [0.3, 0.4) is 0 Å². The first-order valence-corrected chi connectivity index (χ1v) is 10.1. The minimum Gasteiger partial charge on any atom is -0.351 e. The van der Waals surface area contributed by atoms with Crippen LogP contribution in [0, 0.1) is 32.1 Å². The molecule has 0 saturated heterocycles. The number of hydrogen-bond donors (Lipinski definition) is 1. The van der Waals surface area contributed by atoms with Gasteiger partial charge in [-0.3, -0.25) is 4.79 Å². The van der Waals surface area contributed by atoms with Crippen molar-refractivity contribution in [3.63, 3.8) is 0 Å². The molecule has 1 N–H and O–H groups in total. The van der Waals surface area contributed by atoms with Gasteiger partial charge in [-0.1, -0.05) is 36.4 Å². The average Bonchev–Trinajstić information content (AvgIpc) is 3.03. The zero-order valence-electron chi connectivity index (χ0n) is 17.6. The number of nitrogens with zero attached hydrogens (tertiary/aromatic N) is 3. The number of nitriles is 1.